The smallest absolute Gasteiger partial charge is 0.305 e. The van der Waals surface area contributed by atoms with Gasteiger partial charge in [0.15, 0.2) is 0 Å². The first-order chi connectivity index (χ1) is 21.1. The number of hydrogen-bond acceptors (Lipinski definition) is 7. The van der Waals surface area contributed by atoms with Crippen LogP contribution in [-0.2, 0) is 22.6 Å². The molecule has 1 heterocycles. The predicted molar refractivity (Wildman–Crippen MR) is 168 cm³/mol. The Hall–Kier alpha value is -4.21. The normalized spacial score (nSPS) is 14.9. The molecule has 0 aromatic heterocycles. The number of aliphatic carboxylic acids is 1. The average molecular weight is 618 g/mol. The molecule has 10 nitrogen and oxygen atoms in total. The summed E-state index contributed by atoms with van der Waals surface area (Å²) in [5.41, 5.74) is 3.90. The SMILES string of the molecule is CC(C)Oc1ccc(C#Cc2ccc(N3CCN(N(C(C)CC(=O)O)S(=O)[O-])CC3)cc2)cc1C(=O)NCc1ccccc1. The number of carbonyl (C=O) groups excluding carboxylic acids is 1. The molecule has 0 radical (unpaired) electrons. The quantitative estimate of drug-likeness (QED) is 0.246. The Morgan fingerprint density at radius 2 is 1.61 bits per heavy atom. The predicted octanol–water partition coefficient (Wildman–Crippen LogP) is 3.80. The highest BCUT2D eigenvalue weighted by Gasteiger charge is 2.28. The number of carbonyl (C=O) groups is 2. The topological polar surface area (TPSA) is 125 Å². The van der Waals surface area contributed by atoms with Crippen LogP contribution < -0.4 is 15.0 Å². The van der Waals surface area contributed by atoms with Crippen molar-refractivity contribution in [2.45, 2.75) is 45.9 Å². The van der Waals surface area contributed by atoms with Gasteiger partial charge in [-0.2, -0.15) is 4.41 Å². The van der Waals surface area contributed by atoms with Crippen molar-refractivity contribution in [2.75, 3.05) is 31.1 Å². The molecule has 1 aliphatic heterocycles. The zero-order chi connectivity index (χ0) is 31.6. The lowest BCUT2D eigenvalue weighted by Gasteiger charge is -2.44. The number of hydrazine groups is 1. The maximum absolute atomic E-state index is 13.1. The van der Waals surface area contributed by atoms with Gasteiger partial charge in [-0.3, -0.25) is 13.8 Å². The van der Waals surface area contributed by atoms with E-state index in [1.54, 1.807) is 24.1 Å². The molecule has 11 heteroatoms. The van der Waals surface area contributed by atoms with Crippen molar-refractivity contribution in [2.24, 2.45) is 0 Å². The van der Waals surface area contributed by atoms with Crippen molar-refractivity contribution in [3.8, 4) is 17.6 Å². The third-order valence-electron chi connectivity index (χ3n) is 7.00. The molecule has 0 bridgehead atoms. The van der Waals surface area contributed by atoms with Gasteiger partial charge in [-0.15, -0.1) is 0 Å². The standard InChI is InChI=1S/C33H38N4O6S/c1-24(2)43-31-16-13-27(22-30(31)33(40)34-23-28-7-5-4-6-8-28)10-9-26-11-14-29(15-12-26)35-17-19-36(20-18-35)37(44(41)42)25(3)21-32(38)39/h4-8,11-16,22,24-25H,17-21,23H2,1-3H3,(H,34,40)(H,38,39)(H,41,42)/p-1. The Kier molecular flexibility index (Phi) is 11.5. The van der Waals surface area contributed by atoms with Crippen LogP contribution in [0.2, 0.25) is 0 Å². The molecule has 2 unspecified atom stereocenters. The van der Waals surface area contributed by atoms with Crippen molar-refractivity contribution in [3.63, 3.8) is 0 Å². The number of piperazine rings is 1. The largest absolute Gasteiger partial charge is 0.759 e. The van der Waals surface area contributed by atoms with Crippen LogP contribution in [0.25, 0.3) is 0 Å². The van der Waals surface area contributed by atoms with Gasteiger partial charge in [-0.1, -0.05) is 42.2 Å². The summed E-state index contributed by atoms with van der Waals surface area (Å²) < 4.78 is 30.6. The van der Waals surface area contributed by atoms with Crippen molar-refractivity contribution in [1.82, 2.24) is 14.7 Å². The molecular formula is C33H37N4O6S-. The molecule has 1 fully saturated rings. The first-order valence-electron chi connectivity index (χ1n) is 14.5. The molecule has 0 aliphatic carbocycles. The third-order valence-corrected chi connectivity index (χ3v) is 7.90. The highest BCUT2D eigenvalue weighted by molar-refractivity contribution is 7.76. The van der Waals surface area contributed by atoms with Crippen LogP contribution in [0.1, 0.15) is 54.2 Å². The van der Waals surface area contributed by atoms with E-state index in [1.807, 2.05) is 74.5 Å². The Morgan fingerprint density at radius 1 is 0.977 bits per heavy atom. The van der Waals surface area contributed by atoms with Gasteiger partial charge in [0, 0.05) is 66.8 Å². The van der Waals surface area contributed by atoms with Gasteiger partial charge in [-0.25, -0.2) is 5.01 Å². The number of benzene rings is 3. The van der Waals surface area contributed by atoms with E-state index in [1.165, 1.54) is 0 Å². The lowest BCUT2D eigenvalue weighted by molar-refractivity contribution is -0.139. The first-order valence-corrected chi connectivity index (χ1v) is 15.5. The van der Waals surface area contributed by atoms with Crippen molar-refractivity contribution in [1.29, 1.82) is 0 Å². The Bertz CT molecular complexity index is 1510. The number of amides is 1. The molecule has 2 N–H and O–H groups in total. The number of rotatable bonds is 11. The zero-order valence-electron chi connectivity index (χ0n) is 25.1. The number of hydrogen-bond donors (Lipinski definition) is 2. The lowest BCUT2D eigenvalue weighted by atomic mass is 10.1. The molecule has 1 amide bonds. The highest BCUT2D eigenvalue weighted by Crippen LogP contribution is 2.23. The molecule has 2 atom stereocenters. The molecule has 4 rings (SSSR count). The molecule has 0 spiro atoms. The van der Waals surface area contributed by atoms with Crippen molar-refractivity contribution in [3.05, 3.63) is 95.1 Å². The summed E-state index contributed by atoms with van der Waals surface area (Å²) in [7, 11) is 0. The van der Waals surface area contributed by atoms with Crippen LogP contribution in [0.5, 0.6) is 5.75 Å². The van der Waals surface area contributed by atoms with E-state index < -0.39 is 23.3 Å². The van der Waals surface area contributed by atoms with Crippen molar-refractivity contribution < 1.29 is 28.2 Å². The van der Waals surface area contributed by atoms with Gasteiger partial charge in [0.1, 0.15) is 5.75 Å². The second-order valence-corrected chi connectivity index (χ2v) is 11.6. The van der Waals surface area contributed by atoms with Crippen molar-refractivity contribution >= 4 is 28.8 Å². The summed E-state index contributed by atoms with van der Waals surface area (Å²) in [5.74, 6) is 5.54. The van der Waals surface area contributed by atoms with Gasteiger partial charge in [0.05, 0.1) is 18.1 Å². The van der Waals surface area contributed by atoms with E-state index in [0.29, 0.717) is 49.6 Å². The van der Waals surface area contributed by atoms with Gasteiger partial charge in [0.25, 0.3) is 5.91 Å². The first kappa shape index (κ1) is 32.7. The molecule has 3 aromatic rings. The molecule has 1 saturated heterocycles. The zero-order valence-corrected chi connectivity index (χ0v) is 25.9. The lowest BCUT2D eigenvalue weighted by Crippen LogP contribution is -2.57. The highest BCUT2D eigenvalue weighted by atomic mass is 32.2. The van der Waals surface area contributed by atoms with Crippen LogP contribution in [0.4, 0.5) is 5.69 Å². The minimum absolute atomic E-state index is 0.0933. The fourth-order valence-electron chi connectivity index (χ4n) is 4.92. The molecule has 3 aromatic carbocycles. The molecule has 44 heavy (non-hydrogen) atoms. The minimum atomic E-state index is -2.56. The van der Waals surface area contributed by atoms with Gasteiger partial charge >= 0.3 is 5.97 Å². The van der Waals surface area contributed by atoms with E-state index in [-0.39, 0.29) is 18.4 Å². The summed E-state index contributed by atoms with van der Waals surface area (Å²) in [6.45, 7) is 7.86. The van der Waals surface area contributed by atoms with E-state index in [2.05, 4.69) is 22.1 Å². The van der Waals surface area contributed by atoms with Crippen LogP contribution in [0.15, 0.2) is 72.8 Å². The van der Waals surface area contributed by atoms with E-state index in [0.717, 1.165) is 21.2 Å². The molecule has 0 saturated carbocycles. The second kappa shape index (κ2) is 15.5. The fraction of sp³-hybridized carbons (Fsp3) is 0.333. The number of carboxylic acids is 1. The number of carboxylic acid groups (broad SMARTS) is 1. The molecular weight excluding hydrogens is 580 g/mol. The summed E-state index contributed by atoms with van der Waals surface area (Å²) >= 11 is -2.56. The number of ether oxygens (including phenoxy) is 1. The van der Waals surface area contributed by atoms with E-state index in [9.17, 15) is 18.4 Å². The Morgan fingerprint density at radius 3 is 2.23 bits per heavy atom. The number of nitrogens with zero attached hydrogens (tertiary/aromatic N) is 3. The van der Waals surface area contributed by atoms with Crippen LogP contribution in [0.3, 0.4) is 0 Å². The summed E-state index contributed by atoms with van der Waals surface area (Å²) in [6.07, 6.45) is -0.362. The maximum atomic E-state index is 13.1. The minimum Gasteiger partial charge on any atom is -0.759 e. The Balaban J connectivity index is 1.41. The monoisotopic (exact) mass is 617 g/mol. The summed E-state index contributed by atoms with van der Waals surface area (Å²) in [6, 6.07) is 22.2. The van der Waals surface area contributed by atoms with Gasteiger partial charge in [-0.05, 0) is 68.8 Å². The summed E-state index contributed by atoms with van der Waals surface area (Å²) in [5, 5.41) is 13.7. The number of nitrogens with one attached hydrogen (secondary N) is 1. The molecule has 232 valence electrons. The van der Waals surface area contributed by atoms with Gasteiger partial charge in [0.2, 0.25) is 0 Å². The fourth-order valence-corrected chi connectivity index (χ4v) is 5.64. The van der Waals surface area contributed by atoms with Crippen LogP contribution in [0, 0.1) is 11.8 Å². The average Bonchev–Trinajstić information content (AvgIpc) is 3.00. The van der Waals surface area contributed by atoms with Gasteiger partial charge < -0.3 is 24.6 Å². The van der Waals surface area contributed by atoms with Crippen LogP contribution >= 0.6 is 0 Å². The maximum Gasteiger partial charge on any atom is 0.305 e. The molecule has 1 aliphatic rings. The summed E-state index contributed by atoms with van der Waals surface area (Å²) in [4.78, 5) is 26.3. The van der Waals surface area contributed by atoms with E-state index in [4.69, 9.17) is 9.84 Å². The van der Waals surface area contributed by atoms with E-state index >= 15 is 0 Å². The Labute approximate surface area is 261 Å². The van der Waals surface area contributed by atoms with Crippen LogP contribution in [-0.4, -0.2) is 73.5 Å². The second-order valence-electron chi connectivity index (χ2n) is 10.7. The third kappa shape index (κ3) is 9.14. The number of anilines is 1.